The Morgan fingerprint density at radius 2 is 1.59 bits per heavy atom. The molecule has 0 unspecified atom stereocenters. The highest BCUT2D eigenvalue weighted by molar-refractivity contribution is 5.95. The number of nitrogen functional groups attached to an aromatic ring is 1. The van der Waals surface area contributed by atoms with Crippen molar-refractivity contribution in [2.45, 2.75) is 0 Å². The Bertz CT molecular complexity index is 1030. The molecule has 0 saturated heterocycles. The fourth-order valence-corrected chi connectivity index (χ4v) is 2.25. The number of anilines is 2. The highest BCUT2D eigenvalue weighted by Crippen LogP contribution is 2.17. The third kappa shape index (κ3) is 6.14. The van der Waals surface area contributed by atoms with Gasteiger partial charge in [0.1, 0.15) is 0 Å². The zero-order chi connectivity index (χ0) is 20.5. The number of nitrogens with zero attached hydrogens (tertiary/aromatic N) is 2. The van der Waals surface area contributed by atoms with E-state index in [0.717, 1.165) is 5.56 Å². The van der Waals surface area contributed by atoms with E-state index in [0.29, 0.717) is 22.6 Å². The molecule has 0 aliphatic rings. The molecule has 29 heavy (non-hydrogen) atoms. The second kappa shape index (κ2) is 9.61. The molecular weight excluding hydrogens is 368 g/mol. The van der Waals surface area contributed by atoms with Crippen LogP contribution in [0.25, 0.3) is 6.08 Å². The summed E-state index contributed by atoms with van der Waals surface area (Å²) in [6, 6.07) is 22.4. The Balaban J connectivity index is 1.50. The van der Waals surface area contributed by atoms with E-state index in [9.17, 15) is 9.59 Å². The predicted molar refractivity (Wildman–Crippen MR) is 111 cm³/mol. The van der Waals surface area contributed by atoms with Crippen molar-refractivity contribution in [1.29, 1.82) is 0 Å². The third-order valence-corrected chi connectivity index (χ3v) is 3.76. The van der Waals surface area contributed by atoms with Gasteiger partial charge in [0, 0.05) is 17.3 Å². The van der Waals surface area contributed by atoms with Crippen LogP contribution in [0.1, 0.15) is 15.9 Å². The number of azo groups is 1. The van der Waals surface area contributed by atoms with Crippen molar-refractivity contribution < 1.29 is 14.4 Å². The summed E-state index contributed by atoms with van der Waals surface area (Å²) in [5.74, 6) is -1.00. The molecule has 3 aromatic rings. The SMILES string of the molecule is Nc1ccc(C(=O)N=Nc2ccc(NOC(=O)/C=C/c3ccccc3)cc2)cc1. The number of carbonyl (C=O) groups is 2. The maximum absolute atomic E-state index is 12.0. The number of nitrogens with two attached hydrogens (primary N) is 1. The van der Waals surface area contributed by atoms with E-state index in [1.807, 2.05) is 30.3 Å². The molecule has 3 aromatic carbocycles. The molecule has 0 spiro atoms. The minimum absolute atomic E-state index is 0.400. The molecule has 3 rings (SSSR count). The lowest BCUT2D eigenvalue weighted by Crippen LogP contribution is -2.07. The maximum atomic E-state index is 12.0. The average Bonchev–Trinajstić information content (AvgIpc) is 2.76. The summed E-state index contributed by atoms with van der Waals surface area (Å²) in [5.41, 5.74) is 11.0. The molecule has 0 fully saturated rings. The monoisotopic (exact) mass is 386 g/mol. The summed E-state index contributed by atoms with van der Waals surface area (Å²) in [7, 11) is 0. The van der Waals surface area contributed by atoms with Gasteiger partial charge in [-0.1, -0.05) is 30.3 Å². The van der Waals surface area contributed by atoms with Crippen LogP contribution in [0.15, 0.2) is 95.2 Å². The number of amides is 1. The van der Waals surface area contributed by atoms with Crippen molar-refractivity contribution in [3.63, 3.8) is 0 Å². The minimum atomic E-state index is -0.535. The molecule has 0 aliphatic heterocycles. The Labute approximate surface area is 167 Å². The van der Waals surface area contributed by atoms with Crippen LogP contribution in [0.4, 0.5) is 17.1 Å². The average molecular weight is 386 g/mol. The lowest BCUT2D eigenvalue weighted by Gasteiger charge is -2.04. The van der Waals surface area contributed by atoms with E-state index in [2.05, 4.69) is 15.7 Å². The highest BCUT2D eigenvalue weighted by Gasteiger charge is 2.04. The number of carbonyl (C=O) groups excluding carboxylic acids is 2. The first-order valence-electron chi connectivity index (χ1n) is 8.72. The van der Waals surface area contributed by atoms with E-state index in [4.69, 9.17) is 10.6 Å². The number of nitrogens with one attached hydrogen (secondary N) is 1. The van der Waals surface area contributed by atoms with Gasteiger partial charge < -0.3 is 10.6 Å². The van der Waals surface area contributed by atoms with Gasteiger partial charge in [-0.2, -0.15) is 0 Å². The molecule has 0 saturated carbocycles. The lowest BCUT2D eigenvalue weighted by atomic mass is 10.2. The Hall–Kier alpha value is -4.26. The van der Waals surface area contributed by atoms with Crippen LogP contribution in [0.5, 0.6) is 0 Å². The topological polar surface area (TPSA) is 106 Å². The summed E-state index contributed by atoms with van der Waals surface area (Å²) in [6.07, 6.45) is 2.99. The van der Waals surface area contributed by atoms with Crippen molar-refractivity contribution >= 4 is 35.0 Å². The molecule has 3 N–H and O–H groups in total. The molecule has 7 heteroatoms. The Morgan fingerprint density at radius 1 is 0.897 bits per heavy atom. The molecule has 7 nitrogen and oxygen atoms in total. The van der Waals surface area contributed by atoms with Crippen LogP contribution >= 0.6 is 0 Å². The molecule has 1 amide bonds. The largest absolute Gasteiger partial charge is 0.399 e. The van der Waals surface area contributed by atoms with Gasteiger partial charge in [0.2, 0.25) is 0 Å². The van der Waals surface area contributed by atoms with E-state index < -0.39 is 11.9 Å². The van der Waals surface area contributed by atoms with Crippen molar-refractivity contribution in [3.05, 3.63) is 96.1 Å². The number of hydrogen-bond acceptors (Lipinski definition) is 6. The van der Waals surface area contributed by atoms with E-state index in [1.54, 1.807) is 54.6 Å². The van der Waals surface area contributed by atoms with Crippen molar-refractivity contribution in [2.75, 3.05) is 11.2 Å². The lowest BCUT2D eigenvalue weighted by molar-refractivity contribution is -0.134. The van der Waals surface area contributed by atoms with Crippen LogP contribution in [0.2, 0.25) is 0 Å². The molecule has 0 bridgehead atoms. The van der Waals surface area contributed by atoms with Gasteiger partial charge in [-0.05, 0) is 60.2 Å². The van der Waals surface area contributed by atoms with Crippen LogP contribution in [-0.4, -0.2) is 11.9 Å². The predicted octanol–water partition coefficient (Wildman–Crippen LogP) is 4.78. The highest BCUT2D eigenvalue weighted by atomic mass is 16.7. The summed E-state index contributed by atoms with van der Waals surface area (Å²) in [4.78, 5) is 28.7. The summed E-state index contributed by atoms with van der Waals surface area (Å²) in [5, 5.41) is 7.58. The van der Waals surface area contributed by atoms with Crippen molar-refractivity contribution in [2.24, 2.45) is 10.2 Å². The van der Waals surface area contributed by atoms with Gasteiger partial charge in [-0.3, -0.25) is 4.79 Å². The van der Waals surface area contributed by atoms with E-state index in [1.165, 1.54) is 6.08 Å². The Kier molecular flexibility index (Phi) is 6.46. The third-order valence-electron chi connectivity index (χ3n) is 3.76. The van der Waals surface area contributed by atoms with Gasteiger partial charge >= 0.3 is 5.97 Å². The zero-order valence-corrected chi connectivity index (χ0v) is 15.4. The smallest absolute Gasteiger partial charge is 0.355 e. The molecule has 0 heterocycles. The molecular formula is C22H18N4O3. The molecule has 0 atom stereocenters. The van der Waals surface area contributed by atoms with Gasteiger partial charge in [0.15, 0.2) is 0 Å². The van der Waals surface area contributed by atoms with Crippen molar-refractivity contribution in [3.8, 4) is 0 Å². The quantitative estimate of drug-likeness (QED) is 0.274. The fraction of sp³-hybridized carbons (Fsp3) is 0. The molecule has 0 radical (unpaired) electrons. The van der Waals surface area contributed by atoms with Crippen LogP contribution in [0, 0.1) is 0 Å². The minimum Gasteiger partial charge on any atom is -0.399 e. The molecule has 0 aliphatic carbocycles. The van der Waals surface area contributed by atoms with Crippen LogP contribution in [0.3, 0.4) is 0 Å². The van der Waals surface area contributed by atoms with E-state index >= 15 is 0 Å². The van der Waals surface area contributed by atoms with Crippen LogP contribution < -0.4 is 11.2 Å². The fourth-order valence-electron chi connectivity index (χ4n) is 2.25. The molecule has 144 valence electrons. The standard InChI is InChI=1S/C22H18N4O3/c23-18-9-7-17(8-10-18)22(28)25-24-19-11-13-20(14-12-19)26-29-21(27)15-6-16-4-2-1-3-5-16/h1-15,26H,23H2/b15-6+,25-24?. The normalized spacial score (nSPS) is 10.9. The van der Waals surface area contributed by atoms with Crippen molar-refractivity contribution in [1.82, 2.24) is 0 Å². The first kappa shape index (κ1) is 19.5. The maximum Gasteiger partial charge on any atom is 0.355 e. The van der Waals surface area contributed by atoms with Gasteiger partial charge in [-0.15, -0.1) is 10.2 Å². The number of rotatable bonds is 6. The summed E-state index contributed by atoms with van der Waals surface area (Å²) in [6.45, 7) is 0. The number of benzene rings is 3. The molecule has 0 aromatic heterocycles. The van der Waals surface area contributed by atoms with Gasteiger partial charge in [0.25, 0.3) is 5.91 Å². The van der Waals surface area contributed by atoms with Crippen LogP contribution in [-0.2, 0) is 9.63 Å². The second-order valence-corrected chi connectivity index (χ2v) is 5.94. The summed E-state index contributed by atoms with van der Waals surface area (Å²) < 4.78 is 0. The first-order valence-corrected chi connectivity index (χ1v) is 8.72. The summed E-state index contributed by atoms with van der Waals surface area (Å²) >= 11 is 0. The van der Waals surface area contributed by atoms with Gasteiger partial charge in [0.05, 0.1) is 11.4 Å². The Morgan fingerprint density at radius 3 is 2.28 bits per heavy atom. The zero-order valence-electron chi connectivity index (χ0n) is 15.4. The first-order chi connectivity index (χ1) is 14.1. The number of hydrogen-bond donors (Lipinski definition) is 2. The second-order valence-electron chi connectivity index (χ2n) is 5.94. The van der Waals surface area contributed by atoms with Gasteiger partial charge in [-0.25, -0.2) is 10.3 Å². The van der Waals surface area contributed by atoms with E-state index in [-0.39, 0.29) is 0 Å².